The summed E-state index contributed by atoms with van der Waals surface area (Å²) < 4.78 is 47.4. The lowest BCUT2D eigenvalue weighted by molar-refractivity contribution is -0.139. The molecular formula is C16H9ClF3N3O3. The molecule has 134 valence electrons. The van der Waals surface area contributed by atoms with Crippen molar-refractivity contribution in [3.05, 3.63) is 58.9 Å². The van der Waals surface area contributed by atoms with Crippen molar-refractivity contribution in [3.8, 4) is 23.1 Å². The molecule has 0 aliphatic rings. The molecule has 0 aliphatic carbocycles. The molecule has 3 aromatic rings. The number of aliphatic carboxylic acids is 1. The zero-order valence-electron chi connectivity index (χ0n) is 12.8. The fraction of sp³-hybridized carbons (Fsp3) is 0.0625. The van der Waals surface area contributed by atoms with Gasteiger partial charge in [0.05, 0.1) is 5.56 Å². The molecule has 0 spiro atoms. The van der Waals surface area contributed by atoms with Gasteiger partial charge in [0, 0.05) is 11.1 Å². The van der Waals surface area contributed by atoms with Crippen LogP contribution in [0.25, 0.3) is 17.1 Å². The Hall–Kier alpha value is -3.07. The highest BCUT2D eigenvalue weighted by molar-refractivity contribution is 6.30. The van der Waals surface area contributed by atoms with Gasteiger partial charge in [-0.15, -0.1) is 5.10 Å². The first-order valence-electron chi connectivity index (χ1n) is 7.07. The van der Waals surface area contributed by atoms with Crippen LogP contribution in [0.2, 0.25) is 5.02 Å². The van der Waals surface area contributed by atoms with Gasteiger partial charge in [0.1, 0.15) is 23.1 Å². The Morgan fingerprint density at radius 1 is 1.15 bits per heavy atom. The number of carboxylic acid groups (broad SMARTS) is 1. The van der Waals surface area contributed by atoms with Gasteiger partial charge in [0.2, 0.25) is 0 Å². The number of aromatic nitrogens is 3. The van der Waals surface area contributed by atoms with Gasteiger partial charge in [-0.25, -0.2) is 22.6 Å². The summed E-state index contributed by atoms with van der Waals surface area (Å²) in [7, 11) is 0. The summed E-state index contributed by atoms with van der Waals surface area (Å²) in [5.41, 5.74) is -0.316. The molecule has 0 atom stereocenters. The number of hydrogen-bond donors (Lipinski definition) is 1. The van der Waals surface area contributed by atoms with E-state index in [1.165, 1.54) is 12.1 Å². The smallest absolute Gasteiger partial charge is 0.341 e. The van der Waals surface area contributed by atoms with E-state index in [-0.39, 0.29) is 22.1 Å². The first-order chi connectivity index (χ1) is 12.3. The van der Waals surface area contributed by atoms with Crippen LogP contribution in [-0.4, -0.2) is 32.4 Å². The summed E-state index contributed by atoms with van der Waals surface area (Å²) in [6.07, 6.45) is 0. The summed E-state index contributed by atoms with van der Waals surface area (Å²) in [6, 6.07) is 5.97. The summed E-state index contributed by atoms with van der Waals surface area (Å²) in [5.74, 6) is -4.04. The van der Waals surface area contributed by atoms with Gasteiger partial charge in [-0.2, -0.15) is 4.98 Å². The van der Waals surface area contributed by atoms with Gasteiger partial charge >= 0.3 is 12.0 Å². The van der Waals surface area contributed by atoms with Gasteiger partial charge in [-0.05, 0) is 30.3 Å². The second-order valence-electron chi connectivity index (χ2n) is 5.03. The summed E-state index contributed by atoms with van der Waals surface area (Å²) in [5, 5.41) is 12.7. The number of benzene rings is 2. The topological polar surface area (TPSA) is 77.2 Å². The van der Waals surface area contributed by atoms with Crippen molar-refractivity contribution in [3.63, 3.8) is 0 Å². The van der Waals surface area contributed by atoms with E-state index >= 15 is 0 Å². The fourth-order valence-electron chi connectivity index (χ4n) is 2.15. The molecule has 0 radical (unpaired) electrons. The highest BCUT2D eigenvalue weighted by atomic mass is 35.5. The third kappa shape index (κ3) is 3.62. The van der Waals surface area contributed by atoms with Crippen LogP contribution in [0.15, 0.2) is 36.4 Å². The lowest BCUT2D eigenvalue weighted by Gasteiger charge is -2.08. The number of hydrogen-bond acceptors (Lipinski definition) is 4. The van der Waals surface area contributed by atoms with Crippen molar-refractivity contribution < 1.29 is 27.8 Å². The molecule has 0 saturated heterocycles. The van der Waals surface area contributed by atoms with Gasteiger partial charge in [-0.3, -0.25) is 0 Å². The van der Waals surface area contributed by atoms with Crippen molar-refractivity contribution in [2.75, 3.05) is 6.61 Å². The third-order valence-electron chi connectivity index (χ3n) is 3.22. The number of carbonyl (C=O) groups is 1. The fourth-order valence-corrected chi connectivity index (χ4v) is 2.31. The maximum absolute atomic E-state index is 14.3. The van der Waals surface area contributed by atoms with E-state index in [4.69, 9.17) is 21.4 Å². The predicted octanol–water partition coefficient (Wildman–Crippen LogP) is 3.47. The van der Waals surface area contributed by atoms with Gasteiger partial charge in [-0.1, -0.05) is 11.6 Å². The molecule has 0 amide bonds. The molecule has 0 fully saturated rings. The number of halogens is 4. The normalized spacial score (nSPS) is 10.8. The molecule has 0 aliphatic heterocycles. The Kier molecular flexibility index (Phi) is 4.81. The van der Waals surface area contributed by atoms with Crippen molar-refractivity contribution in [1.29, 1.82) is 0 Å². The Morgan fingerprint density at radius 2 is 1.92 bits per heavy atom. The molecular weight excluding hydrogens is 375 g/mol. The van der Waals surface area contributed by atoms with E-state index in [9.17, 15) is 18.0 Å². The Morgan fingerprint density at radius 3 is 2.58 bits per heavy atom. The molecule has 26 heavy (non-hydrogen) atoms. The summed E-state index contributed by atoms with van der Waals surface area (Å²) in [4.78, 5) is 14.5. The predicted molar refractivity (Wildman–Crippen MR) is 84.8 cm³/mol. The third-order valence-corrected chi connectivity index (χ3v) is 3.46. The monoisotopic (exact) mass is 383 g/mol. The number of rotatable bonds is 5. The minimum Gasteiger partial charge on any atom is -0.479 e. The van der Waals surface area contributed by atoms with Crippen LogP contribution < -0.4 is 4.74 Å². The van der Waals surface area contributed by atoms with E-state index in [1.54, 1.807) is 0 Å². The number of carboxylic acids is 1. The van der Waals surface area contributed by atoms with Crippen molar-refractivity contribution in [2.45, 2.75) is 0 Å². The molecule has 0 saturated carbocycles. The lowest BCUT2D eigenvalue weighted by Crippen LogP contribution is -2.10. The van der Waals surface area contributed by atoms with Crippen LogP contribution in [0.5, 0.6) is 6.01 Å². The maximum Gasteiger partial charge on any atom is 0.341 e. The second-order valence-corrected chi connectivity index (χ2v) is 5.47. The van der Waals surface area contributed by atoms with Crippen molar-refractivity contribution in [2.24, 2.45) is 0 Å². The minimum atomic E-state index is -1.28. The van der Waals surface area contributed by atoms with Gasteiger partial charge in [0.15, 0.2) is 12.4 Å². The van der Waals surface area contributed by atoms with Crippen molar-refractivity contribution >= 4 is 17.6 Å². The molecule has 6 nitrogen and oxygen atoms in total. The summed E-state index contributed by atoms with van der Waals surface area (Å²) >= 11 is 5.72. The first-order valence-corrected chi connectivity index (χ1v) is 7.45. The average Bonchev–Trinajstić information content (AvgIpc) is 2.96. The Balaban J connectivity index is 2.16. The van der Waals surface area contributed by atoms with E-state index < -0.39 is 36.0 Å². The highest BCUT2D eigenvalue weighted by Gasteiger charge is 2.20. The van der Waals surface area contributed by atoms with Crippen LogP contribution >= 0.6 is 11.6 Å². The second kappa shape index (κ2) is 7.04. The van der Waals surface area contributed by atoms with Crippen LogP contribution in [-0.2, 0) is 4.79 Å². The zero-order valence-corrected chi connectivity index (χ0v) is 13.5. The van der Waals surface area contributed by atoms with E-state index in [0.29, 0.717) is 6.07 Å². The van der Waals surface area contributed by atoms with E-state index in [0.717, 1.165) is 22.9 Å². The van der Waals surface area contributed by atoms with Gasteiger partial charge < -0.3 is 9.84 Å². The van der Waals surface area contributed by atoms with Crippen LogP contribution in [0.1, 0.15) is 0 Å². The minimum absolute atomic E-state index is 0.128. The average molecular weight is 384 g/mol. The Labute approximate surface area is 149 Å². The largest absolute Gasteiger partial charge is 0.479 e. The standard InChI is InChI=1S/C16H9ClF3N3O3/c17-8-1-4-13(12(20)5-8)23-15(10-3-2-9(18)6-11(10)19)21-16(22-23)26-7-14(24)25/h1-6H,7H2,(H,24,25). The molecule has 10 heteroatoms. The van der Waals surface area contributed by atoms with Crippen LogP contribution in [0.3, 0.4) is 0 Å². The molecule has 1 N–H and O–H groups in total. The molecule has 2 aromatic carbocycles. The van der Waals surface area contributed by atoms with Crippen LogP contribution in [0, 0.1) is 17.5 Å². The number of nitrogens with zero attached hydrogens (tertiary/aromatic N) is 3. The Bertz CT molecular complexity index is 925. The molecule has 3 rings (SSSR count). The SMILES string of the molecule is O=C(O)COc1nc(-c2ccc(F)cc2F)n(-c2ccc(Cl)cc2F)n1. The van der Waals surface area contributed by atoms with Gasteiger partial charge in [0.25, 0.3) is 0 Å². The highest BCUT2D eigenvalue weighted by Crippen LogP contribution is 2.28. The van der Waals surface area contributed by atoms with Crippen molar-refractivity contribution in [1.82, 2.24) is 14.8 Å². The lowest BCUT2D eigenvalue weighted by atomic mass is 10.2. The first kappa shape index (κ1) is 17.7. The maximum atomic E-state index is 14.3. The molecule has 1 aromatic heterocycles. The molecule has 1 heterocycles. The molecule has 0 unspecified atom stereocenters. The molecule has 0 bridgehead atoms. The van der Waals surface area contributed by atoms with E-state index in [2.05, 4.69) is 10.1 Å². The number of ether oxygens (including phenoxy) is 1. The summed E-state index contributed by atoms with van der Waals surface area (Å²) in [6.45, 7) is -0.752. The van der Waals surface area contributed by atoms with Crippen LogP contribution in [0.4, 0.5) is 13.2 Å². The van der Waals surface area contributed by atoms with E-state index in [1.807, 2.05) is 0 Å². The zero-order chi connectivity index (χ0) is 18.8. The quantitative estimate of drug-likeness (QED) is 0.730.